The van der Waals surface area contributed by atoms with Crippen molar-refractivity contribution in [3.8, 4) is 0 Å². The Labute approximate surface area is 137 Å². The van der Waals surface area contributed by atoms with Gasteiger partial charge in [-0.25, -0.2) is 0 Å². The van der Waals surface area contributed by atoms with Crippen molar-refractivity contribution in [3.05, 3.63) is 0 Å². The molecule has 0 atom stereocenters. The molecule has 0 heterocycles. The molecule has 0 aromatic heterocycles. The van der Waals surface area contributed by atoms with E-state index in [9.17, 15) is 0 Å². The van der Waals surface area contributed by atoms with Crippen molar-refractivity contribution in [1.82, 2.24) is 4.90 Å². The Morgan fingerprint density at radius 2 is 1.32 bits per heavy atom. The van der Waals surface area contributed by atoms with Crippen LogP contribution in [0.4, 0.5) is 0 Å². The molecule has 7 heteroatoms. The van der Waals surface area contributed by atoms with Gasteiger partial charge in [-0.05, 0) is 41.8 Å². The third kappa shape index (κ3) is 7.50. The fourth-order valence-corrected chi connectivity index (χ4v) is 5.07. The van der Waals surface area contributed by atoms with Crippen LogP contribution in [0.15, 0.2) is 0 Å². The van der Waals surface area contributed by atoms with Crippen molar-refractivity contribution in [2.24, 2.45) is 0 Å². The molecule has 0 N–H and O–H groups in total. The Hall–Kier alpha value is -0.0231. The average Bonchev–Trinajstić information content (AvgIpc) is 2.39. The molecule has 0 unspecified atom stereocenters. The van der Waals surface area contributed by atoms with E-state index in [2.05, 4.69) is 6.92 Å². The molecule has 6 nitrogen and oxygen atoms in total. The summed E-state index contributed by atoms with van der Waals surface area (Å²) in [7, 11) is 1.07. The molecule has 0 aliphatic heterocycles. The predicted molar refractivity (Wildman–Crippen MR) is 89.7 cm³/mol. The summed E-state index contributed by atoms with van der Waals surface area (Å²) in [5.74, 6) is -1.15. The van der Waals surface area contributed by atoms with E-state index < -0.39 is 14.8 Å². The van der Waals surface area contributed by atoms with Gasteiger partial charge in [0, 0.05) is 32.5 Å². The van der Waals surface area contributed by atoms with Crippen LogP contribution in [0.2, 0.25) is 6.04 Å². The number of likely N-dealkylation sites (N-methyl/N-ethyl adjacent to an activating group) is 1. The largest absolute Gasteiger partial charge is 0.504 e. The molecule has 0 bridgehead atoms. The first kappa shape index (κ1) is 22.0. The maximum atomic E-state index is 6.35. The highest BCUT2D eigenvalue weighted by Gasteiger charge is 2.49. The fraction of sp³-hybridized carbons (Fsp3) is 1.00. The Morgan fingerprint density at radius 1 is 0.818 bits per heavy atom. The van der Waals surface area contributed by atoms with Crippen molar-refractivity contribution >= 4 is 8.80 Å². The van der Waals surface area contributed by atoms with E-state index in [4.69, 9.17) is 22.8 Å². The minimum Gasteiger partial charge on any atom is -0.374 e. The predicted octanol–water partition coefficient (Wildman–Crippen LogP) is 2.71. The lowest BCUT2D eigenvalue weighted by Gasteiger charge is -2.41. The summed E-state index contributed by atoms with van der Waals surface area (Å²) >= 11 is 0. The molecule has 0 aliphatic carbocycles. The van der Waals surface area contributed by atoms with Crippen LogP contribution >= 0.6 is 0 Å². The minimum absolute atomic E-state index is 0.479. The average molecular weight is 338 g/mol. The molecule has 134 valence electrons. The monoisotopic (exact) mass is 337 g/mol. The van der Waals surface area contributed by atoms with Gasteiger partial charge in [0.15, 0.2) is 0 Å². The molecule has 0 aliphatic rings. The van der Waals surface area contributed by atoms with Crippen molar-refractivity contribution in [2.45, 2.75) is 53.1 Å². The minimum atomic E-state index is -2.85. The lowest BCUT2D eigenvalue weighted by atomic mass is 10.5. The van der Waals surface area contributed by atoms with Crippen molar-refractivity contribution in [3.63, 3.8) is 0 Å². The van der Waals surface area contributed by atoms with Crippen LogP contribution in [-0.2, 0) is 22.8 Å². The fourth-order valence-electron chi connectivity index (χ4n) is 2.33. The third-order valence-electron chi connectivity index (χ3n) is 2.83. The first-order valence-electron chi connectivity index (χ1n) is 8.33. The number of hydrogen-bond donors (Lipinski definition) is 0. The normalized spacial score (nSPS) is 13.1. The first-order chi connectivity index (χ1) is 10.4. The molecule has 0 rings (SSSR count). The Bertz CT molecular complexity index is 256. The highest BCUT2D eigenvalue weighted by atomic mass is 28.4. The van der Waals surface area contributed by atoms with Crippen molar-refractivity contribution in [2.75, 3.05) is 47.1 Å². The lowest BCUT2D eigenvalue weighted by molar-refractivity contribution is -0.359. The Morgan fingerprint density at radius 3 is 1.64 bits per heavy atom. The zero-order valence-electron chi connectivity index (χ0n) is 15.4. The number of hydrogen-bond acceptors (Lipinski definition) is 6. The summed E-state index contributed by atoms with van der Waals surface area (Å²) in [6.45, 7) is 12.4. The van der Waals surface area contributed by atoms with Crippen molar-refractivity contribution in [1.29, 1.82) is 0 Å². The van der Waals surface area contributed by atoms with E-state index in [1.807, 2.05) is 46.7 Å². The van der Waals surface area contributed by atoms with Gasteiger partial charge in [0.25, 0.3) is 5.97 Å². The molecular formula is C15H35NO5Si. The highest BCUT2D eigenvalue weighted by Crippen LogP contribution is 2.28. The summed E-state index contributed by atoms with van der Waals surface area (Å²) in [5, 5.41) is 0. The highest BCUT2D eigenvalue weighted by molar-refractivity contribution is 6.60. The van der Waals surface area contributed by atoms with Crippen LogP contribution in [0.1, 0.15) is 41.0 Å². The van der Waals surface area contributed by atoms with Gasteiger partial charge < -0.3 is 27.7 Å². The summed E-state index contributed by atoms with van der Waals surface area (Å²) in [6, 6.07) is 0.740. The van der Waals surface area contributed by atoms with E-state index >= 15 is 0 Å². The van der Waals surface area contributed by atoms with E-state index in [0.29, 0.717) is 33.0 Å². The topological polar surface area (TPSA) is 49.4 Å². The molecule has 0 amide bonds. The molecule has 0 fully saturated rings. The van der Waals surface area contributed by atoms with Gasteiger partial charge in [0.05, 0.1) is 6.54 Å². The summed E-state index contributed by atoms with van der Waals surface area (Å²) < 4.78 is 30.0. The summed E-state index contributed by atoms with van der Waals surface area (Å²) in [6.07, 6.45) is 0.919. The van der Waals surface area contributed by atoms with Gasteiger partial charge in [0.2, 0.25) is 0 Å². The smallest absolute Gasteiger partial charge is 0.374 e. The van der Waals surface area contributed by atoms with Crippen LogP contribution in [0.5, 0.6) is 0 Å². The Balaban J connectivity index is 5.44. The first-order valence-corrected chi connectivity index (χ1v) is 10.3. The summed E-state index contributed by atoms with van der Waals surface area (Å²) in [5.41, 5.74) is 0. The van der Waals surface area contributed by atoms with Gasteiger partial charge in [-0.15, -0.1) is 0 Å². The van der Waals surface area contributed by atoms with Crippen molar-refractivity contribution < 1.29 is 22.8 Å². The second-order valence-corrected chi connectivity index (χ2v) is 7.84. The molecular weight excluding hydrogens is 302 g/mol. The quantitative estimate of drug-likeness (QED) is 0.359. The second kappa shape index (κ2) is 11.5. The lowest BCUT2D eigenvalue weighted by Crippen LogP contribution is -2.58. The van der Waals surface area contributed by atoms with E-state index in [1.54, 1.807) is 0 Å². The second-order valence-electron chi connectivity index (χ2n) is 5.19. The molecule has 0 saturated carbocycles. The van der Waals surface area contributed by atoms with Gasteiger partial charge >= 0.3 is 8.80 Å². The van der Waals surface area contributed by atoms with E-state index in [-0.39, 0.29) is 0 Å². The van der Waals surface area contributed by atoms with Crippen LogP contribution < -0.4 is 0 Å². The molecule has 0 radical (unpaired) electrons. The van der Waals surface area contributed by atoms with E-state index in [0.717, 1.165) is 12.5 Å². The Kier molecular flexibility index (Phi) is 11.5. The third-order valence-corrected chi connectivity index (χ3v) is 6.03. The van der Waals surface area contributed by atoms with Crippen LogP contribution in [0, 0.1) is 0 Å². The van der Waals surface area contributed by atoms with Crippen LogP contribution in [0.25, 0.3) is 0 Å². The number of rotatable bonds is 14. The molecule has 22 heavy (non-hydrogen) atoms. The van der Waals surface area contributed by atoms with Gasteiger partial charge in [-0.1, -0.05) is 13.3 Å². The molecule has 0 spiro atoms. The van der Waals surface area contributed by atoms with Gasteiger partial charge in [-0.3, -0.25) is 0 Å². The van der Waals surface area contributed by atoms with Gasteiger partial charge in [0.1, 0.15) is 0 Å². The van der Waals surface area contributed by atoms with Crippen LogP contribution in [0.3, 0.4) is 0 Å². The maximum Gasteiger partial charge on any atom is 0.504 e. The molecule has 0 saturated heterocycles. The van der Waals surface area contributed by atoms with Gasteiger partial charge in [-0.2, -0.15) is 0 Å². The number of nitrogens with zero attached hydrogens (tertiary/aromatic N) is 1. The molecule has 0 aromatic carbocycles. The SMILES string of the molecule is CCC[Si](OCC)(OCC)OC(CN(C)C)(OCC)OCC. The zero-order valence-corrected chi connectivity index (χ0v) is 16.4. The van der Waals surface area contributed by atoms with E-state index in [1.165, 1.54) is 0 Å². The number of ether oxygens (including phenoxy) is 2. The summed E-state index contributed by atoms with van der Waals surface area (Å²) in [4.78, 5) is 1.98. The molecule has 0 aromatic rings. The van der Waals surface area contributed by atoms with Crippen LogP contribution in [-0.4, -0.2) is 66.7 Å². The zero-order chi connectivity index (χ0) is 17.1. The maximum absolute atomic E-state index is 6.35. The standard InChI is InChI=1S/C15H35NO5Si/c1-8-13-22(19-11-4,20-12-5)21-15(17-9-2,18-10-3)14-16(6)7/h8-14H2,1-7H3.